The topological polar surface area (TPSA) is 117 Å². The summed E-state index contributed by atoms with van der Waals surface area (Å²) in [4.78, 5) is 29.9. The van der Waals surface area contributed by atoms with Crippen molar-refractivity contribution >= 4 is 52.2 Å². The van der Waals surface area contributed by atoms with Crippen LogP contribution in [0.2, 0.25) is 5.02 Å². The zero-order valence-corrected chi connectivity index (χ0v) is 23.1. The third-order valence-corrected chi connectivity index (χ3v) is 7.16. The van der Waals surface area contributed by atoms with Crippen LogP contribution in [0.3, 0.4) is 0 Å². The number of anilines is 2. The van der Waals surface area contributed by atoms with Crippen LogP contribution in [0.15, 0.2) is 77.3 Å². The van der Waals surface area contributed by atoms with E-state index in [2.05, 4.69) is 15.6 Å². The standard InChI is InChI=1S/C29H25ClN4O5S/c1-16-13-17(28(36)37)6-8-19(16)23-10-11-24(39-23)27-26(22-5-3-4-12-31-22)33-29(40)34(27)18-7-9-21(20(30)14-18)32-25(35)15-38-2/h3-14,26-27H,15H2,1-2H3,(H,32,35)(H,33,40)(H,36,37). The monoisotopic (exact) mass is 576 g/mol. The first kappa shape index (κ1) is 27.3. The molecule has 9 nitrogen and oxygen atoms in total. The van der Waals surface area contributed by atoms with E-state index in [1.807, 2.05) is 48.2 Å². The van der Waals surface area contributed by atoms with Crippen LogP contribution in [0.25, 0.3) is 11.3 Å². The Hall–Kier alpha value is -4.25. The van der Waals surface area contributed by atoms with Gasteiger partial charge in [0.25, 0.3) is 0 Å². The molecular weight excluding hydrogens is 552 g/mol. The minimum absolute atomic E-state index is 0.0919. The second-order valence-electron chi connectivity index (χ2n) is 9.18. The molecule has 0 spiro atoms. The molecule has 0 radical (unpaired) electrons. The first-order chi connectivity index (χ1) is 19.3. The van der Waals surface area contributed by atoms with E-state index in [4.69, 9.17) is 33.0 Å². The van der Waals surface area contributed by atoms with E-state index in [0.29, 0.717) is 33.0 Å². The van der Waals surface area contributed by atoms with Gasteiger partial charge in [-0.3, -0.25) is 9.78 Å². The van der Waals surface area contributed by atoms with E-state index in [1.165, 1.54) is 7.11 Å². The number of aryl methyl sites for hydroxylation is 1. The third-order valence-electron chi connectivity index (χ3n) is 6.54. The Balaban J connectivity index is 1.54. The van der Waals surface area contributed by atoms with E-state index in [0.717, 1.165) is 16.8 Å². The summed E-state index contributed by atoms with van der Waals surface area (Å²) in [6, 6.07) is 18.8. The van der Waals surface area contributed by atoms with Gasteiger partial charge >= 0.3 is 5.97 Å². The number of carboxylic acids is 1. The summed E-state index contributed by atoms with van der Waals surface area (Å²) in [6.07, 6.45) is 1.72. The number of aromatic carboxylic acids is 1. The molecule has 5 rings (SSSR count). The Morgan fingerprint density at radius 1 is 1.18 bits per heavy atom. The molecule has 40 heavy (non-hydrogen) atoms. The van der Waals surface area contributed by atoms with E-state index in [1.54, 1.807) is 36.5 Å². The number of amides is 1. The van der Waals surface area contributed by atoms with E-state index < -0.39 is 12.0 Å². The SMILES string of the molecule is COCC(=O)Nc1ccc(N2C(=S)NC(c3ccccn3)C2c2ccc(-c3ccc(C(=O)O)cc3C)o2)cc1Cl. The van der Waals surface area contributed by atoms with Crippen LogP contribution >= 0.6 is 23.8 Å². The first-order valence-electron chi connectivity index (χ1n) is 12.3. The molecule has 1 fully saturated rings. The Bertz CT molecular complexity index is 1590. The highest BCUT2D eigenvalue weighted by Gasteiger charge is 2.42. The molecule has 1 aliphatic heterocycles. The number of rotatable bonds is 8. The van der Waals surface area contributed by atoms with Crippen molar-refractivity contribution in [2.45, 2.75) is 19.0 Å². The molecule has 1 saturated heterocycles. The number of pyridine rings is 1. The van der Waals surface area contributed by atoms with E-state index in [-0.39, 0.29) is 24.1 Å². The lowest BCUT2D eigenvalue weighted by atomic mass is 10.0. The molecule has 1 aliphatic rings. The normalized spacial score (nSPS) is 16.6. The molecule has 0 bridgehead atoms. The van der Waals surface area contributed by atoms with Gasteiger partial charge in [0.15, 0.2) is 5.11 Å². The van der Waals surface area contributed by atoms with Crippen LogP contribution in [-0.2, 0) is 9.53 Å². The Morgan fingerprint density at radius 3 is 2.67 bits per heavy atom. The number of nitrogens with one attached hydrogen (secondary N) is 2. The lowest BCUT2D eigenvalue weighted by molar-refractivity contribution is -0.119. The number of carbonyl (C=O) groups excluding carboxylic acids is 1. The predicted octanol–water partition coefficient (Wildman–Crippen LogP) is 5.76. The molecule has 4 aromatic rings. The minimum atomic E-state index is -0.989. The number of methoxy groups -OCH3 is 1. The summed E-state index contributed by atoms with van der Waals surface area (Å²) in [5.41, 5.74) is 3.67. The highest BCUT2D eigenvalue weighted by molar-refractivity contribution is 7.80. The molecule has 2 aromatic heterocycles. The van der Waals surface area contributed by atoms with Crippen LogP contribution in [-0.4, -0.2) is 40.8 Å². The van der Waals surface area contributed by atoms with E-state index in [9.17, 15) is 14.7 Å². The number of benzene rings is 2. The van der Waals surface area contributed by atoms with Gasteiger partial charge < -0.3 is 29.8 Å². The molecule has 2 atom stereocenters. The molecule has 2 aromatic carbocycles. The number of carboxylic acid groups (broad SMARTS) is 1. The maximum atomic E-state index is 12.0. The summed E-state index contributed by atoms with van der Waals surface area (Å²) in [7, 11) is 1.44. The third kappa shape index (κ3) is 5.42. The number of furan rings is 1. The summed E-state index contributed by atoms with van der Waals surface area (Å²) < 4.78 is 11.3. The molecule has 3 N–H and O–H groups in total. The van der Waals surface area contributed by atoms with Gasteiger partial charge in [-0.05, 0) is 79.3 Å². The largest absolute Gasteiger partial charge is 0.478 e. The quantitative estimate of drug-likeness (QED) is 0.225. The molecule has 2 unspecified atom stereocenters. The van der Waals surface area contributed by atoms with Crippen molar-refractivity contribution in [3.63, 3.8) is 0 Å². The van der Waals surface area contributed by atoms with Crippen molar-refractivity contribution in [3.05, 3.63) is 101 Å². The number of carbonyl (C=O) groups is 2. The Labute approximate surface area is 240 Å². The van der Waals surface area contributed by atoms with Crippen molar-refractivity contribution < 1.29 is 23.8 Å². The van der Waals surface area contributed by atoms with E-state index >= 15 is 0 Å². The average molecular weight is 577 g/mol. The highest BCUT2D eigenvalue weighted by Crippen LogP contribution is 2.44. The number of hydrogen-bond donors (Lipinski definition) is 3. The number of nitrogens with zero attached hydrogens (tertiary/aromatic N) is 2. The van der Waals surface area contributed by atoms with Crippen molar-refractivity contribution in [1.82, 2.24) is 10.3 Å². The summed E-state index contributed by atoms with van der Waals surface area (Å²) in [5.74, 6) is -0.0972. The predicted molar refractivity (Wildman–Crippen MR) is 156 cm³/mol. The maximum absolute atomic E-state index is 12.0. The Kier molecular flexibility index (Phi) is 7.83. The van der Waals surface area contributed by atoms with Crippen LogP contribution < -0.4 is 15.5 Å². The molecule has 204 valence electrons. The zero-order valence-electron chi connectivity index (χ0n) is 21.6. The van der Waals surface area contributed by atoms with Crippen LogP contribution in [0, 0.1) is 6.92 Å². The number of halogens is 1. The fraction of sp³-hybridized carbons (Fsp3) is 0.172. The second kappa shape index (κ2) is 11.5. The number of aromatic nitrogens is 1. The van der Waals surface area contributed by atoms with Crippen molar-refractivity contribution in [2.75, 3.05) is 23.9 Å². The second-order valence-corrected chi connectivity index (χ2v) is 9.97. The van der Waals surface area contributed by atoms with Crippen LogP contribution in [0.5, 0.6) is 0 Å². The van der Waals surface area contributed by atoms with Crippen molar-refractivity contribution in [3.8, 4) is 11.3 Å². The van der Waals surface area contributed by atoms with Crippen molar-refractivity contribution in [1.29, 1.82) is 0 Å². The Morgan fingerprint density at radius 2 is 2.00 bits per heavy atom. The average Bonchev–Trinajstić information content (AvgIpc) is 3.55. The highest BCUT2D eigenvalue weighted by atomic mass is 35.5. The van der Waals surface area contributed by atoms with Gasteiger partial charge in [-0.25, -0.2) is 4.79 Å². The molecular formula is C29H25ClN4O5S. The van der Waals surface area contributed by atoms with Gasteiger partial charge in [0.2, 0.25) is 5.91 Å². The lowest BCUT2D eigenvalue weighted by Crippen LogP contribution is -2.29. The smallest absolute Gasteiger partial charge is 0.335 e. The van der Waals surface area contributed by atoms with Crippen LogP contribution in [0.4, 0.5) is 11.4 Å². The molecule has 3 heterocycles. The number of thiocarbonyl (C=S) groups is 1. The minimum Gasteiger partial charge on any atom is -0.478 e. The molecule has 0 aliphatic carbocycles. The first-order valence-corrected chi connectivity index (χ1v) is 13.1. The van der Waals surface area contributed by atoms with Gasteiger partial charge in [-0.15, -0.1) is 0 Å². The molecule has 11 heteroatoms. The fourth-order valence-electron chi connectivity index (χ4n) is 4.72. The van der Waals surface area contributed by atoms with Gasteiger partial charge in [0.05, 0.1) is 28.0 Å². The maximum Gasteiger partial charge on any atom is 0.335 e. The summed E-state index contributed by atoms with van der Waals surface area (Å²) in [6.45, 7) is 1.75. The van der Waals surface area contributed by atoms with Gasteiger partial charge in [-0.2, -0.15) is 0 Å². The molecule has 0 saturated carbocycles. The lowest BCUT2D eigenvalue weighted by Gasteiger charge is -2.26. The number of ether oxygens (including phenoxy) is 1. The molecule has 1 amide bonds. The van der Waals surface area contributed by atoms with Crippen molar-refractivity contribution in [2.24, 2.45) is 0 Å². The van der Waals surface area contributed by atoms with Gasteiger partial charge in [0.1, 0.15) is 24.2 Å². The van der Waals surface area contributed by atoms with Crippen LogP contribution in [0.1, 0.15) is 39.5 Å². The summed E-state index contributed by atoms with van der Waals surface area (Å²) in [5, 5.41) is 16.2. The van der Waals surface area contributed by atoms with Gasteiger partial charge in [0, 0.05) is 24.6 Å². The fourth-order valence-corrected chi connectivity index (χ4v) is 5.29. The van der Waals surface area contributed by atoms with Gasteiger partial charge in [-0.1, -0.05) is 23.7 Å². The summed E-state index contributed by atoms with van der Waals surface area (Å²) >= 11 is 12.3. The number of hydrogen-bond acceptors (Lipinski definition) is 6. The zero-order chi connectivity index (χ0) is 28.4.